The third-order valence-electron chi connectivity index (χ3n) is 4.12. The molecule has 4 rings (SSSR count). The Morgan fingerprint density at radius 3 is 2.52 bits per heavy atom. The van der Waals surface area contributed by atoms with E-state index in [0.717, 1.165) is 22.2 Å². The van der Waals surface area contributed by atoms with Crippen LogP contribution in [0.5, 0.6) is 0 Å². The first-order valence-electron chi connectivity index (χ1n) is 7.98. The van der Waals surface area contributed by atoms with Gasteiger partial charge in [0, 0.05) is 24.2 Å². The van der Waals surface area contributed by atoms with Crippen LogP contribution in [0.4, 0.5) is 5.82 Å². The van der Waals surface area contributed by atoms with Gasteiger partial charge in [-0.2, -0.15) is 10.2 Å². The Morgan fingerprint density at radius 2 is 1.72 bits per heavy atom. The Bertz CT molecular complexity index is 1060. The highest BCUT2D eigenvalue weighted by Gasteiger charge is 2.17. The summed E-state index contributed by atoms with van der Waals surface area (Å²) in [7, 11) is 1.85. The maximum Gasteiger partial charge on any atom is 0.277 e. The van der Waals surface area contributed by atoms with E-state index in [1.807, 2.05) is 74.8 Å². The van der Waals surface area contributed by atoms with Gasteiger partial charge < -0.3 is 5.32 Å². The molecule has 6 nitrogen and oxygen atoms in total. The van der Waals surface area contributed by atoms with Crippen LogP contribution in [0.3, 0.4) is 0 Å². The minimum atomic E-state index is -0.268. The maximum atomic E-state index is 12.7. The van der Waals surface area contributed by atoms with Gasteiger partial charge in [-0.15, -0.1) is 0 Å². The summed E-state index contributed by atoms with van der Waals surface area (Å²) in [6, 6.07) is 17.5. The van der Waals surface area contributed by atoms with E-state index < -0.39 is 0 Å². The standard InChI is InChI=1S/C19H17N5O/c1-13-12-24(14-8-4-3-5-9-14)21-17(13)19(25)20-18-15-10-6-7-11-16(15)23(2)22-18/h3-12H,1-2H3,(H,20,22,25). The maximum absolute atomic E-state index is 12.7. The number of rotatable bonds is 3. The van der Waals surface area contributed by atoms with Gasteiger partial charge >= 0.3 is 0 Å². The Kier molecular flexibility index (Phi) is 3.57. The first-order valence-corrected chi connectivity index (χ1v) is 7.98. The summed E-state index contributed by atoms with van der Waals surface area (Å²) < 4.78 is 3.46. The van der Waals surface area contributed by atoms with Gasteiger partial charge in [-0.1, -0.05) is 30.3 Å². The Hall–Kier alpha value is -3.41. The number of fused-ring (bicyclic) bond motifs is 1. The molecular weight excluding hydrogens is 314 g/mol. The largest absolute Gasteiger partial charge is 0.303 e. The number of carbonyl (C=O) groups excluding carboxylic acids is 1. The topological polar surface area (TPSA) is 64.7 Å². The number of carbonyl (C=O) groups is 1. The molecule has 0 saturated carbocycles. The molecule has 0 bridgehead atoms. The first kappa shape index (κ1) is 15.1. The lowest BCUT2D eigenvalue weighted by atomic mass is 10.2. The number of hydrogen-bond acceptors (Lipinski definition) is 3. The first-order chi connectivity index (χ1) is 12.1. The van der Waals surface area contributed by atoms with Crippen LogP contribution < -0.4 is 5.32 Å². The molecule has 4 aromatic rings. The highest BCUT2D eigenvalue weighted by atomic mass is 16.2. The fourth-order valence-corrected chi connectivity index (χ4v) is 2.87. The van der Waals surface area contributed by atoms with E-state index in [-0.39, 0.29) is 5.91 Å². The normalized spacial score (nSPS) is 11.0. The monoisotopic (exact) mass is 331 g/mol. The third-order valence-corrected chi connectivity index (χ3v) is 4.12. The van der Waals surface area contributed by atoms with Crippen molar-refractivity contribution in [1.29, 1.82) is 0 Å². The number of nitrogens with zero attached hydrogens (tertiary/aromatic N) is 4. The minimum Gasteiger partial charge on any atom is -0.303 e. The summed E-state index contributed by atoms with van der Waals surface area (Å²) in [4.78, 5) is 12.7. The fraction of sp³-hybridized carbons (Fsp3) is 0.105. The van der Waals surface area contributed by atoms with Crippen LogP contribution in [0, 0.1) is 6.92 Å². The lowest BCUT2D eigenvalue weighted by molar-refractivity contribution is 0.102. The predicted octanol–water partition coefficient (Wildman–Crippen LogP) is 3.32. The van der Waals surface area contributed by atoms with E-state index in [1.54, 1.807) is 9.36 Å². The van der Waals surface area contributed by atoms with Crippen molar-refractivity contribution < 1.29 is 4.79 Å². The number of nitrogens with one attached hydrogen (secondary N) is 1. The van der Waals surface area contributed by atoms with E-state index in [0.29, 0.717) is 11.5 Å². The zero-order chi connectivity index (χ0) is 17.4. The number of amides is 1. The van der Waals surface area contributed by atoms with Gasteiger partial charge in [0.1, 0.15) is 0 Å². The van der Waals surface area contributed by atoms with Gasteiger partial charge in [0.25, 0.3) is 5.91 Å². The predicted molar refractivity (Wildman–Crippen MR) is 97.0 cm³/mol. The summed E-state index contributed by atoms with van der Waals surface area (Å²) >= 11 is 0. The van der Waals surface area contributed by atoms with E-state index in [9.17, 15) is 4.79 Å². The van der Waals surface area contributed by atoms with E-state index in [4.69, 9.17) is 0 Å². The molecule has 0 radical (unpaired) electrons. The van der Waals surface area contributed by atoms with Crippen LogP contribution in [-0.4, -0.2) is 25.5 Å². The number of benzene rings is 2. The molecule has 2 aromatic carbocycles. The molecule has 0 atom stereocenters. The van der Waals surface area contributed by atoms with E-state index >= 15 is 0 Å². The molecule has 0 saturated heterocycles. The summed E-state index contributed by atoms with van der Waals surface area (Å²) in [6.45, 7) is 1.87. The van der Waals surface area contributed by atoms with Gasteiger partial charge in [-0.25, -0.2) is 4.68 Å². The van der Waals surface area contributed by atoms with Crippen LogP contribution in [0.15, 0.2) is 60.8 Å². The highest BCUT2D eigenvalue weighted by Crippen LogP contribution is 2.22. The average Bonchev–Trinajstić information content (AvgIpc) is 3.17. The zero-order valence-corrected chi connectivity index (χ0v) is 14.0. The quantitative estimate of drug-likeness (QED) is 0.626. The molecule has 124 valence electrons. The number of aryl methyl sites for hydroxylation is 2. The smallest absolute Gasteiger partial charge is 0.277 e. The molecule has 0 fully saturated rings. The van der Waals surface area contributed by atoms with Gasteiger partial charge in [0.15, 0.2) is 11.5 Å². The SMILES string of the molecule is Cc1cn(-c2ccccc2)nc1C(=O)Nc1nn(C)c2ccccc12. The van der Waals surface area contributed by atoms with Crippen molar-refractivity contribution in [2.75, 3.05) is 5.32 Å². The number of hydrogen-bond donors (Lipinski definition) is 1. The van der Waals surface area contributed by atoms with Crippen molar-refractivity contribution in [2.24, 2.45) is 7.05 Å². The molecule has 2 heterocycles. The van der Waals surface area contributed by atoms with Gasteiger partial charge in [0.05, 0.1) is 11.2 Å². The Balaban J connectivity index is 1.66. The van der Waals surface area contributed by atoms with Crippen LogP contribution in [0.2, 0.25) is 0 Å². The molecule has 6 heteroatoms. The van der Waals surface area contributed by atoms with E-state index in [1.165, 1.54) is 0 Å². The molecular formula is C19H17N5O. The number of aromatic nitrogens is 4. The van der Waals surface area contributed by atoms with E-state index in [2.05, 4.69) is 15.5 Å². The highest BCUT2D eigenvalue weighted by molar-refractivity contribution is 6.07. The summed E-state index contributed by atoms with van der Waals surface area (Å²) in [5, 5.41) is 12.6. The number of anilines is 1. The van der Waals surface area contributed by atoms with Gasteiger partial charge in [0.2, 0.25) is 0 Å². The van der Waals surface area contributed by atoms with Crippen molar-refractivity contribution in [3.8, 4) is 5.69 Å². The van der Waals surface area contributed by atoms with Gasteiger partial charge in [-0.3, -0.25) is 9.48 Å². The summed E-state index contributed by atoms with van der Waals surface area (Å²) in [6.07, 6.45) is 1.85. The van der Waals surface area contributed by atoms with Crippen molar-refractivity contribution >= 4 is 22.6 Å². The van der Waals surface area contributed by atoms with Gasteiger partial charge in [-0.05, 0) is 31.2 Å². The summed E-state index contributed by atoms with van der Waals surface area (Å²) in [5.74, 6) is 0.271. The van der Waals surface area contributed by atoms with Crippen molar-refractivity contribution in [3.63, 3.8) is 0 Å². The fourth-order valence-electron chi connectivity index (χ4n) is 2.87. The van der Waals surface area contributed by atoms with Crippen molar-refractivity contribution in [3.05, 3.63) is 72.1 Å². The molecule has 0 aliphatic carbocycles. The number of para-hydroxylation sites is 2. The molecule has 0 aliphatic heterocycles. The Morgan fingerprint density at radius 1 is 1.00 bits per heavy atom. The second-order valence-corrected chi connectivity index (χ2v) is 5.88. The van der Waals surface area contributed by atoms with Crippen LogP contribution >= 0.6 is 0 Å². The molecule has 0 unspecified atom stereocenters. The van der Waals surface area contributed by atoms with Crippen LogP contribution in [0.25, 0.3) is 16.6 Å². The Labute approximate surface area is 144 Å². The second-order valence-electron chi connectivity index (χ2n) is 5.88. The summed E-state index contributed by atoms with van der Waals surface area (Å²) in [5.41, 5.74) is 3.07. The minimum absolute atomic E-state index is 0.268. The lowest BCUT2D eigenvalue weighted by Crippen LogP contribution is -2.15. The average molecular weight is 331 g/mol. The molecule has 25 heavy (non-hydrogen) atoms. The molecule has 2 aromatic heterocycles. The molecule has 0 spiro atoms. The van der Waals surface area contributed by atoms with Crippen molar-refractivity contribution in [2.45, 2.75) is 6.92 Å². The van der Waals surface area contributed by atoms with Crippen LogP contribution in [-0.2, 0) is 7.05 Å². The zero-order valence-electron chi connectivity index (χ0n) is 14.0. The lowest BCUT2D eigenvalue weighted by Gasteiger charge is -2.01. The van der Waals surface area contributed by atoms with Crippen LogP contribution in [0.1, 0.15) is 16.1 Å². The molecule has 1 amide bonds. The third kappa shape index (κ3) is 2.67. The molecule has 1 N–H and O–H groups in total. The van der Waals surface area contributed by atoms with Crippen molar-refractivity contribution in [1.82, 2.24) is 19.6 Å². The second kappa shape index (κ2) is 5.90. The molecule has 0 aliphatic rings.